The maximum atomic E-state index is 11.1. The van der Waals surface area contributed by atoms with E-state index in [1.165, 1.54) is 37.9 Å². The number of benzene rings is 1. The first kappa shape index (κ1) is 18.7. The fourth-order valence-electron chi connectivity index (χ4n) is 2.81. The zero-order valence-electron chi connectivity index (χ0n) is 14.9. The van der Waals surface area contributed by atoms with Crippen LogP contribution in [0.15, 0.2) is 24.3 Å². The van der Waals surface area contributed by atoms with E-state index < -0.39 is 0 Å². The van der Waals surface area contributed by atoms with Crippen molar-refractivity contribution in [1.82, 2.24) is 4.90 Å². The average Bonchev–Trinajstić information content (AvgIpc) is 2.52. The van der Waals surface area contributed by atoms with Crippen molar-refractivity contribution in [3.8, 4) is 0 Å². The lowest BCUT2D eigenvalue weighted by Gasteiger charge is -2.39. The number of amides is 1. The Balaban J connectivity index is 0.00000116. The van der Waals surface area contributed by atoms with Gasteiger partial charge in [-0.2, -0.15) is 0 Å². The van der Waals surface area contributed by atoms with E-state index in [1.807, 2.05) is 26.0 Å². The van der Waals surface area contributed by atoms with Crippen molar-refractivity contribution in [3.63, 3.8) is 0 Å². The molecule has 0 aliphatic carbocycles. The van der Waals surface area contributed by atoms with Crippen molar-refractivity contribution in [2.24, 2.45) is 5.41 Å². The summed E-state index contributed by atoms with van der Waals surface area (Å²) in [5.74, 6) is -0.0150. The molecule has 1 aliphatic rings. The molecule has 1 aromatic carbocycles. The minimum Gasteiger partial charge on any atom is -0.326 e. The molecule has 1 N–H and O–H groups in total. The monoisotopic (exact) mass is 304 g/mol. The summed E-state index contributed by atoms with van der Waals surface area (Å²) < 4.78 is 0. The highest BCUT2D eigenvalue weighted by atomic mass is 16.1. The molecule has 0 radical (unpaired) electrons. The van der Waals surface area contributed by atoms with E-state index in [2.05, 4.69) is 36.2 Å². The van der Waals surface area contributed by atoms with E-state index in [0.717, 1.165) is 12.2 Å². The van der Waals surface area contributed by atoms with Gasteiger partial charge in [-0.25, -0.2) is 0 Å². The first-order chi connectivity index (χ1) is 10.5. The van der Waals surface area contributed by atoms with E-state index >= 15 is 0 Å². The standard InChI is InChI=1S/C17H26N2O.C2H6/c1-4-17(3)8-10-19(11-9-17)13-15-6-5-7-16(12-15)18-14(2)20;1-2/h5-7,12H,4,8-11,13H2,1-3H3,(H,18,20);1-2H3. The number of nitrogens with zero attached hydrogens (tertiary/aromatic N) is 1. The Bertz CT molecular complexity index is 462. The molecule has 0 atom stereocenters. The number of nitrogens with one attached hydrogen (secondary N) is 1. The summed E-state index contributed by atoms with van der Waals surface area (Å²) >= 11 is 0. The van der Waals surface area contributed by atoms with Crippen LogP contribution < -0.4 is 5.32 Å². The molecule has 124 valence electrons. The van der Waals surface area contributed by atoms with Gasteiger partial charge in [0.15, 0.2) is 0 Å². The van der Waals surface area contributed by atoms with Gasteiger partial charge in [0.25, 0.3) is 0 Å². The Morgan fingerprint density at radius 1 is 1.27 bits per heavy atom. The number of piperidine rings is 1. The third-order valence-electron chi connectivity index (χ3n) is 4.57. The summed E-state index contributed by atoms with van der Waals surface area (Å²) in [4.78, 5) is 13.6. The van der Waals surface area contributed by atoms with E-state index in [9.17, 15) is 4.79 Å². The second-order valence-electron chi connectivity index (χ2n) is 6.32. The third kappa shape index (κ3) is 5.80. The van der Waals surface area contributed by atoms with Crippen LogP contribution in [0.2, 0.25) is 0 Å². The summed E-state index contributed by atoms with van der Waals surface area (Å²) in [5, 5.41) is 2.85. The number of likely N-dealkylation sites (tertiary alicyclic amines) is 1. The van der Waals surface area contributed by atoms with Gasteiger partial charge in [-0.05, 0) is 49.0 Å². The van der Waals surface area contributed by atoms with E-state index in [-0.39, 0.29) is 5.91 Å². The molecule has 1 heterocycles. The second-order valence-corrected chi connectivity index (χ2v) is 6.32. The smallest absolute Gasteiger partial charge is 0.221 e. The number of hydrogen-bond donors (Lipinski definition) is 1. The van der Waals surface area contributed by atoms with Gasteiger partial charge in [0.2, 0.25) is 5.91 Å². The SMILES string of the molecule is CC.CCC1(C)CCN(Cc2cccc(NC(C)=O)c2)CC1. The van der Waals surface area contributed by atoms with Crippen LogP contribution >= 0.6 is 0 Å². The van der Waals surface area contributed by atoms with Crippen molar-refractivity contribution < 1.29 is 4.79 Å². The summed E-state index contributed by atoms with van der Waals surface area (Å²) in [6.07, 6.45) is 3.85. The van der Waals surface area contributed by atoms with Crippen molar-refractivity contribution in [3.05, 3.63) is 29.8 Å². The van der Waals surface area contributed by atoms with Gasteiger partial charge in [-0.1, -0.05) is 46.2 Å². The van der Waals surface area contributed by atoms with Crippen LogP contribution in [0.5, 0.6) is 0 Å². The molecule has 1 aliphatic heterocycles. The number of carbonyl (C=O) groups is 1. The number of rotatable bonds is 4. The lowest BCUT2D eigenvalue weighted by molar-refractivity contribution is -0.114. The van der Waals surface area contributed by atoms with Crippen molar-refractivity contribution >= 4 is 11.6 Å². The zero-order valence-corrected chi connectivity index (χ0v) is 14.9. The minimum atomic E-state index is -0.0150. The van der Waals surface area contributed by atoms with E-state index in [4.69, 9.17) is 0 Å². The lowest BCUT2D eigenvalue weighted by atomic mass is 9.78. The molecule has 0 bridgehead atoms. The first-order valence-corrected chi connectivity index (χ1v) is 8.60. The zero-order chi connectivity index (χ0) is 16.6. The average molecular weight is 304 g/mol. The van der Waals surface area contributed by atoms with Gasteiger partial charge in [-0.15, -0.1) is 0 Å². The Kier molecular flexibility index (Phi) is 7.60. The minimum absolute atomic E-state index is 0.0150. The summed E-state index contributed by atoms with van der Waals surface area (Å²) in [5.41, 5.74) is 2.70. The van der Waals surface area contributed by atoms with Gasteiger partial charge in [-0.3, -0.25) is 9.69 Å². The Morgan fingerprint density at radius 3 is 2.45 bits per heavy atom. The van der Waals surface area contributed by atoms with E-state index in [1.54, 1.807) is 6.92 Å². The summed E-state index contributed by atoms with van der Waals surface area (Å²) in [6.45, 7) is 13.6. The predicted octanol–water partition coefficient (Wildman–Crippen LogP) is 4.68. The molecule has 3 heteroatoms. The van der Waals surface area contributed by atoms with Gasteiger partial charge in [0, 0.05) is 19.2 Å². The number of hydrogen-bond acceptors (Lipinski definition) is 2. The highest BCUT2D eigenvalue weighted by molar-refractivity contribution is 5.88. The van der Waals surface area contributed by atoms with Crippen LogP contribution in [-0.4, -0.2) is 23.9 Å². The number of anilines is 1. The van der Waals surface area contributed by atoms with Crippen LogP contribution in [-0.2, 0) is 11.3 Å². The Labute approximate surface area is 136 Å². The molecule has 1 fully saturated rings. The quantitative estimate of drug-likeness (QED) is 0.875. The Hall–Kier alpha value is -1.35. The molecule has 0 aromatic heterocycles. The summed E-state index contributed by atoms with van der Waals surface area (Å²) in [7, 11) is 0. The van der Waals surface area contributed by atoms with E-state index in [0.29, 0.717) is 5.41 Å². The molecule has 2 rings (SSSR count). The third-order valence-corrected chi connectivity index (χ3v) is 4.57. The maximum Gasteiger partial charge on any atom is 0.221 e. The normalized spacial score (nSPS) is 17.3. The lowest BCUT2D eigenvalue weighted by Crippen LogP contribution is -2.37. The first-order valence-electron chi connectivity index (χ1n) is 8.60. The molecular formula is C19H32N2O. The van der Waals surface area contributed by atoms with Crippen molar-refractivity contribution in [1.29, 1.82) is 0 Å². The largest absolute Gasteiger partial charge is 0.326 e. The molecule has 1 saturated heterocycles. The molecule has 0 saturated carbocycles. The molecule has 0 spiro atoms. The number of carbonyl (C=O) groups excluding carboxylic acids is 1. The molecule has 1 amide bonds. The van der Waals surface area contributed by atoms with Gasteiger partial charge in [0.05, 0.1) is 0 Å². The molecule has 22 heavy (non-hydrogen) atoms. The van der Waals surface area contributed by atoms with Crippen LogP contribution in [0.3, 0.4) is 0 Å². The van der Waals surface area contributed by atoms with Crippen molar-refractivity contribution in [2.45, 2.75) is 60.4 Å². The predicted molar refractivity (Wildman–Crippen MR) is 95.0 cm³/mol. The van der Waals surface area contributed by atoms with Crippen LogP contribution in [0, 0.1) is 5.41 Å². The molecular weight excluding hydrogens is 272 g/mol. The van der Waals surface area contributed by atoms with Crippen LogP contribution in [0.1, 0.15) is 59.4 Å². The molecule has 0 unspecified atom stereocenters. The highest BCUT2D eigenvalue weighted by Crippen LogP contribution is 2.34. The van der Waals surface area contributed by atoms with Gasteiger partial charge >= 0.3 is 0 Å². The molecule has 3 nitrogen and oxygen atoms in total. The maximum absolute atomic E-state index is 11.1. The highest BCUT2D eigenvalue weighted by Gasteiger charge is 2.27. The van der Waals surface area contributed by atoms with Crippen molar-refractivity contribution in [2.75, 3.05) is 18.4 Å². The van der Waals surface area contributed by atoms with Gasteiger partial charge in [0.1, 0.15) is 0 Å². The van der Waals surface area contributed by atoms with Crippen LogP contribution in [0.25, 0.3) is 0 Å². The van der Waals surface area contributed by atoms with Crippen LogP contribution in [0.4, 0.5) is 5.69 Å². The van der Waals surface area contributed by atoms with Gasteiger partial charge < -0.3 is 5.32 Å². The second kappa shape index (κ2) is 8.94. The fraction of sp³-hybridized carbons (Fsp3) is 0.632. The fourth-order valence-corrected chi connectivity index (χ4v) is 2.81. The molecule has 1 aromatic rings. The topological polar surface area (TPSA) is 32.3 Å². The Morgan fingerprint density at radius 2 is 1.91 bits per heavy atom. The summed E-state index contributed by atoms with van der Waals surface area (Å²) in [6, 6.07) is 8.17.